The highest BCUT2D eigenvalue weighted by Crippen LogP contribution is 2.03. The van der Waals surface area contributed by atoms with Crippen molar-refractivity contribution in [2.75, 3.05) is 0 Å². The highest BCUT2D eigenvalue weighted by Gasteiger charge is 1.99. The fourth-order valence-electron chi connectivity index (χ4n) is 1.06. The molecule has 6 heteroatoms. The Morgan fingerprint density at radius 1 is 0.667 bits per heavy atom. The van der Waals surface area contributed by atoms with E-state index in [2.05, 4.69) is 9.97 Å². The number of aromatic nitrogens is 2. The molecule has 4 N–H and O–H groups in total. The molecule has 2 aromatic rings. The van der Waals surface area contributed by atoms with Crippen LogP contribution in [0.5, 0.6) is 0 Å². The Labute approximate surface area is 104 Å². The maximum absolute atomic E-state index is 8.52. The first-order chi connectivity index (χ1) is 8.61. The first-order valence-electron chi connectivity index (χ1n) is 5.15. The second-order valence-electron chi connectivity index (χ2n) is 3.26. The van der Waals surface area contributed by atoms with Crippen molar-refractivity contribution in [2.24, 2.45) is 0 Å². The molecule has 0 unspecified atom stereocenters. The molecule has 2 rings (SSSR count). The summed E-state index contributed by atoms with van der Waals surface area (Å²) >= 11 is 0. The van der Waals surface area contributed by atoms with E-state index < -0.39 is 12.6 Å². The molecule has 0 spiro atoms. The van der Waals surface area contributed by atoms with Crippen molar-refractivity contribution >= 4 is 0 Å². The number of nitrogens with zero attached hydrogens (tertiary/aromatic N) is 2. The second-order valence-corrected chi connectivity index (χ2v) is 3.26. The Bertz CT molecular complexity index is 391. The summed E-state index contributed by atoms with van der Waals surface area (Å²) in [6, 6.07) is 9.91. The van der Waals surface area contributed by atoms with Crippen molar-refractivity contribution in [1.29, 1.82) is 0 Å². The van der Waals surface area contributed by atoms with E-state index in [4.69, 9.17) is 20.4 Å². The van der Waals surface area contributed by atoms with E-state index >= 15 is 0 Å². The summed E-state index contributed by atoms with van der Waals surface area (Å²) in [6.45, 7) is 0. The van der Waals surface area contributed by atoms with Gasteiger partial charge in [0.2, 0.25) is 0 Å². The molecule has 0 atom stereocenters. The average Bonchev–Trinajstić information content (AvgIpc) is 2.41. The molecule has 0 aliphatic heterocycles. The molecular weight excluding hydrogens is 236 g/mol. The van der Waals surface area contributed by atoms with Gasteiger partial charge in [0.05, 0.1) is 11.4 Å². The van der Waals surface area contributed by atoms with Gasteiger partial charge in [-0.15, -0.1) is 0 Å². The van der Waals surface area contributed by atoms with Gasteiger partial charge in [0, 0.05) is 12.4 Å². The van der Waals surface area contributed by atoms with Crippen LogP contribution in [0.2, 0.25) is 0 Å². The topological polar surface area (TPSA) is 107 Å². The molecule has 6 nitrogen and oxygen atoms in total. The maximum atomic E-state index is 8.52. The number of hydrogen-bond donors (Lipinski definition) is 4. The summed E-state index contributed by atoms with van der Waals surface area (Å²) in [6.07, 6.45) is 0.112. The van der Waals surface area contributed by atoms with Gasteiger partial charge in [0.25, 0.3) is 0 Å². The molecule has 0 aliphatic rings. The Balaban J connectivity index is 0.000000180. The third-order valence-electron chi connectivity index (χ3n) is 1.90. The molecule has 0 saturated heterocycles. The van der Waals surface area contributed by atoms with E-state index in [0.717, 1.165) is 0 Å². The quantitative estimate of drug-likeness (QED) is 0.564. The average molecular weight is 250 g/mol. The van der Waals surface area contributed by atoms with E-state index in [1.807, 2.05) is 0 Å². The molecule has 0 bridgehead atoms. The van der Waals surface area contributed by atoms with E-state index in [0.29, 0.717) is 0 Å². The zero-order valence-electron chi connectivity index (χ0n) is 9.46. The Hall–Kier alpha value is -1.86. The van der Waals surface area contributed by atoms with Crippen LogP contribution in [-0.2, 0) is 0 Å². The fraction of sp³-hybridized carbons (Fsp3) is 0.167. The first-order valence-corrected chi connectivity index (χ1v) is 5.15. The summed E-state index contributed by atoms with van der Waals surface area (Å²) in [5, 5.41) is 34.1. The molecule has 18 heavy (non-hydrogen) atoms. The van der Waals surface area contributed by atoms with Crippen molar-refractivity contribution in [2.45, 2.75) is 12.6 Å². The van der Waals surface area contributed by atoms with Crippen molar-refractivity contribution in [3.8, 4) is 0 Å². The van der Waals surface area contributed by atoms with Crippen LogP contribution in [0.1, 0.15) is 24.0 Å². The van der Waals surface area contributed by atoms with Crippen molar-refractivity contribution in [3.63, 3.8) is 0 Å². The molecule has 2 aromatic heterocycles. The standard InChI is InChI=1S/2C6H7NO2/c2*8-6(9)5-3-1-2-4-7-5/h2*1-4,6,8-9H. The van der Waals surface area contributed by atoms with E-state index in [1.165, 1.54) is 12.4 Å². The van der Waals surface area contributed by atoms with Crippen molar-refractivity contribution in [3.05, 3.63) is 60.2 Å². The largest absolute Gasteiger partial charge is 0.363 e. The number of hydrogen-bond acceptors (Lipinski definition) is 6. The zero-order chi connectivity index (χ0) is 13.4. The van der Waals surface area contributed by atoms with Crippen LogP contribution >= 0.6 is 0 Å². The van der Waals surface area contributed by atoms with Crippen LogP contribution < -0.4 is 0 Å². The predicted molar refractivity (Wildman–Crippen MR) is 62.8 cm³/mol. The summed E-state index contributed by atoms with van der Waals surface area (Å²) < 4.78 is 0. The van der Waals surface area contributed by atoms with Gasteiger partial charge < -0.3 is 20.4 Å². The van der Waals surface area contributed by atoms with Crippen LogP contribution in [0, 0.1) is 0 Å². The highest BCUT2D eigenvalue weighted by molar-refractivity contribution is 5.04. The van der Waals surface area contributed by atoms with Gasteiger partial charge in [-0.3, -0.25) is 9.97 Å². The molecule has 0 amide bonds. The summed E-state index contributed by atoms with van der Waals surface area (Å²) in [7, 11) is 0. The Morgan fingerprint density at radius 3 is 1.22 bits per heavy atom. The lowest BCUT2D eigenvalue weighted by Gasteiger charge is -1.98. The monoisotopic (exact) mass is 250 g/mol. The minimum Gasteiger partial charge on any atom is -0.363 e. The third kappa shape index (κ3) is 4.98. The van der Waals surface area contributed by atoms with Crippen LogP contribution in [0.25, 0.3) is 0 Å². The molecule has 0 aromatic carbocycles. The summed E-state index contributed by atoms with van der Waals surface area (Å²) in [4.78, 5) is 7.36. The van der Waals surface area contributed by atoms with Gasteiger partial charge in [-0.2, -0.15) is 0 Å². The lowest BCUT2D eigenvalue weighted by molar-refractivity contribution is -0.0463. The summed E-state index contributed by atoms with van der Waals surface area (Å²) in [5.74, 6) is 0. The predicted octanol–water partition coefficient (Wildman–Crippen LogP) is 0.130. The SMILES string of the molecule is OC(O)c1ccccn1.OC(O)c1ccccn1. The number of aliphatic hydroxyl groups excluding tert-OH is 2. The van der Waals surface area contributed by atoms with E-state index in [9.17, 15) is 0 Å². The van der Waals surface area contributed by atoms with E-state index in [1.54, 1.807) is 36.4 Å². The number of aliphatic hydroxyl groups is 4. The van der Waals surface area contributed by atoms with Gasteiger partial charge in [-0.25, -0.2) is 0 Å². The molecule has 2 heterocycles. The smallest absolute Gasteiger partial charge is 0.196 e. The van der Waals surface area contributed by atoms with Gasteiger partial charge in [0.15, 0.2) is 12.6 Å². The Morgan fingerprint density at radius 2 is 1.06 bits per heavy atom. The van der Waals surface area contributed by atoms with Crippen LogP contribution in [0.4, 0.5) is 0 Å². The maximum Gasteiger partial charge on any atom is 0.196 e. The molecule has 0 radical (unpaired) electrons. The molecule has 0 saturated carbocycles. The van der Waals surface area contributed by atoms with Gasteiger partial charge in [-0.05, 0) is 24.3 Å². The molecule has 96 valence electrons. The van der Waals surface area contributed by atoms with Crippen LogP contribution in [0.3, 0.4) is 0 Å². The fourth-order valence-corrected chi connectivity index (χ4v) is 1.06. The minimum atomic E-state index is -1.45. The number of pyridine rings is 2. The Kier molecular flexibility index (Phi) is 5.89. The molecular formula is C12H14N2O4. The van der Waals surface area contributed by atoms with Crippen LogP contribution in [-0.4, -0.2) is 30.4 Å². The molecule has 0 fully saturated rings. The van der Waals surface area contributed by atoms with E-state index in [-0.39, 0.29) is 11.4 Å². The highest BCUT2D eigenvalue weighted by atomic mass is 16.5. The normalized spacial score (nSPS) is 10.1. The minimum absolute atomic E-state index is 0.275. The van der Waals surface area contributed by atoms with Crippen molar-refractivity contribution in [1.82, 2.24) is 9.97 Å². The lowest BCUT2D eigenvalue weighted by Crippen LogP contribution is -1.96. The van der Waals surface area contributed by atoms with Gasteiger partial charge in [-0.1, -0.05) is 12.1 Å². The van der Waals surface area contributed by atoms with Crippen LogP contribution in [0.15, 0.2) is 48.8 Å². The van der Waals surface area contributed by atoms with Gasteiger partial charge >= 0.3 is 0 Å². The van der Waals surface area contributed by atoms with Gasteiger partial charge in [0.1, 0.15) is 0 Å². The second kappa shape index (κ2) is 7.46. The summed E-state index contributed by atoms with van der Waals surface area (Å²) in [5.41, 5.74) is 0.551. The zero-order valence-corrected chi connectivity index (χ0v) is 9.46. The third-order valence-corrected chi connectivity index (χ3v) is 1.90. The lowest BCUT2D eigenvalue weighted by atomic mass is 10.3. The van der Waals surface area contributed by atoms with Crippen molar-refractivity contribution < 1.29 is 20.4 Å². The number of rotatable bonds is 2. The first kappa shape index (κ1) is 14.2. The molecule has 0 aliphatic carbocycles.